The van der Waals surface area contributed by atoms with Crippen LogP contribution in [0.5, 0.6) is 0 Å². The van der Waals surface area contributed by atoms with E-state index in [-0.39, 0.29) is 0 Å². The molecule has 0 fully saturated rings. The number of unbranched alkanes of at least 4 members (excludes halogenated alkanes) is 1. The Bertz CT molecular complexity index is 1260. The van der Waals surface area contributed by atoms with Crippen molar-refractivity contribution in [2.75, 3.05) is 11.9 Å². The molecule has 3 aromatic carbocycles. The van der Waals surface area contributed by atoms with Crippen LogP contribution < -0.4 is 9.47 Å². The molecule has 2 nitrogen and oxygen atoms in total. The minimum atomic E-state index is 1.07. The highest BCUT2D eigenvalue weighted by Gasteiger charge is 2.24. The van der Waals surface area contributed by atoms with Crippen LogP contribution in [0.4, 0.5) is 5.69 Å². The molecule has 0 saturated carbocycles. The molecule has 0 N–H and O–H groups in total. The summed E-state index contributed by atoms with van der Waals surface area (Å²) in [6.45, 7) is 2.26. The Morgan fingerprint density at radius 1 is 0.903 bits per heavy atom. The molecule has 1 aliphatic heterocycles. The van der Waals surface area contributed by atoms with Crippen LogP contribution in [-0.2, 0) is 6.42 Å². The van der Waals surface area contributed by atoms with Gasteiger partial charge in [-0.1, -0.05) is 67.6 Å². The smallest absolute Gasteiger partial charge is 0.219 e. The molecule has 0 spiro atoms. The number of para-hydroxylation sites is 3. The van der Waals surface area contributed by atoms with Crippen molar-refractivity contribution in [3.63, 3.8) is 0 Å². The average Bonchev–Trinajstić information content (AvgIpc) is 3.13. The number of benzene rings is 3. The zero-order valence-electron chi connectivity index (χ0n) is 18.1. The minimum absolute atomic E-state index is 1.07. The third kappa shape index (κ3) is 3.75. The largest absolute Gasteiger partial charge is 0.338 e. The SMILES string of the molecule is CCCCc1cc(/C=C2\Sc3ccccc3N2C)c2ccccc2[n+]1-c1ccccc1. The van der Waals surface area contributed by atoms with Gasteiger partial charge in [0.2, 0.25) is 11.2 Å². The third-order valence-electron chi connectivity index (χ3n) is 5.92. The third-order valence-corrected chi connectivity index (χ3v) is 7.08. The van der Waals surface area contributed by atoms with Crippen LogP contribution in [0.3, 0.4) is 0 Å². The highest BCUT2D eigenvalue weighted by atomic mass is 32.2. The van der Waals surface area contributed by atoms with E-state index in [1.165, 1.54) is 56.3 Å². The van der Waals surface area contributed by atoms with E-state index in [9.17, 15) is 0 Å². The Kier molecular flexibility index (Phi) is 5.52. The van der Waals surface area contributed by atoms with Gasteiger partial charge in [0, 0.05) is 42.6 Å². The number of pyridine rings is 1. The highest BCUT2D eigenvalue weighted by Crippen LogP contribution is 2.45. The summed E-state index contributed by atoms with van der Waals surface area (Å²) in [6.07, 6.45) is 5.79. The predicted octanol–water partition coefficient (Wildman–Crippen LogP) is 7.00. The highest BCUT2D eigenvalue weighted by molar-refractivity contribution is 8.03. The predicted molar refractivity (Wildman–Crippen MR) is 133 cm³/mol. The fourth-order valence-electron chi connectivity index (χ4n) is 4.31. The lowest BCUT2D eigenvalue weighted by Crippen LogP contribution is -2.37. The first-order valence-corrected chi connectivity index (χ1v) is 11.8. The van der Waals surface area contributed by atoms with E-state index in [1.54, 1.807) is 0 Å². The van der Waals surface area contributed by atoms with E-state index < -0.39 is 0 Å². The Hall–Kier alpha value is -3.04. The van der Waals surface area contributed by atoms with Crippen LogP contribution in [0.1, 0.15) is 31.0 Å². The van der Waals surface area contributed by atoms with Crippen LogP contribution in [-0.4, -0.2) is 7.05 Å². The molecule has 0 radical (unpaired) electrons. The molecule has 2 heterocycles. The lowest BCUT2D eigenvalue weighted by atomic mass is 10.0. The van der Waals surface area contributed by atoms with Gasteiger partial charge in [0.1, 0.15) is 0 Å². The molecule has 0 saturated heterocycles. The van der Waals surface area contributed by atoms with E-state index in [0.717, 1.165) is 6.42 Å². The minimum Gasteiger partial charge on any atom is -0.338 e. The molecule has 0 amide bonds. The second kappa shape index (κ2) is 8.60. The molecule has 31 heavy (non-hydrogen) atoms. The van der Waals surface area contributed by atoms with Crippen LogP contribution in [0.15, 0.2) is 94.9 Å². The Morgan fingerprint density at radius 3 is 2.45 bits per heavy atom. The summed E-state index contributed by atoms with van der Waals surface area (Å²) in [5, 5.41) is 2.55. The van der Waals surface area contributed by atoms with Crippen molar-refractivity contribution >= 4 is 34.4 Å². The van der Waals surface area contributed by atoms with Crippen molar-refractivity contribution in [2.45, 2.75) is 31.1 Å². The van der Waals surface area contributed by atoms with Crippen molar-refractivity contribution in [1.29, 1.82) is 0 Å². The molecule has 1 aromatic heterocycles. The molecule has 5 rings (SSSR count). The van der Waals surface area contributed by atoms with Crippen LogP contribution >= 0.6 is 11.8 Å². The molecule has 1 aliphatic rings. The summed E-state index contributed by atoms with van der Waals surface area (Å²) in [6, 6.07) is 30.6. The zero-order valence-corrected chi connectivity index (χ0v) is 18.9. The summed E-state index contributed by atoms with van der Waals surface area (Å²) in [7, 11) is 2.16. The van der Waals surface area contributed by atoms with Crippen molar-refractivity contribution in [3.8, 4) is 5.69 Å². The van der Waals surface area contributed by atoms with Gasteiger partial charge in [0.15, 0.2) is 5.69 Å². The van der Waals surface area contributed by atoms with Crippen LogP contribution in [0.2, 0.25) is 0 Å². The van der Waals surface area contributed by atoms with Crippen molar-refractivity contribution in [1.82, 2.24) is 0 Å². The van der Waals surface area contributed by atoms with Crippen LogP contribution in [0, 0.1) is 0 Å². The summed E-state index contributed by atoms with van der Waals surface area (Å²) in [5.41, 5.74) is 6.42. The number of aromatic nitrogens is 1. The molecule has 3 heteroatoms. The lowest BCUT2D eigenvalue weighted by Gasteiger charge is -2.14. The molecular weight excluding hydrogens is 396 g/mol. The first kappa shape index (κ1) is 19.9. The van der Waals surface area contributed by atoms with E-state index >= 15 is 0 Å². The van der Waals surface area contributed by atoms with Gasteiger partial charge in [-0.25, -0.2) is 0 Å². The maximum Gasteiger partial charge on any atom is 0.219 e. The van der Waals surface area contributed by atoms with E-state index in [0.29, 0.717) is 0 Å². The molecule has 0 unspecified atom stereocenters. The first-order valence-electron chi connectivity index (χ1n) is 11.0. The topological polar surface area (TPSA) is 7.12 Å². The first-order chi connectivity index (χ1) is 15.3. The van der Waals surface area contributed by atoms with E-state index in [1.807, 2.05) is 11.8 Å². The average molecular weight is 424 g/mol. The molecule has 0 aliphatic carbocycles. The molecular formula is C28H27N2S+. The van der Waals surface area contributed by atoms with Crippen LogP contribution in [0.25, 0.3) is 22.7 Å². The van der Waals surface area contributed by atoms with Gasteiger partial charge >= 0.3 is 0 Å². The summed E-state index contributed by atoms with van der Waals surface area (Å²) in [4.78, 5) is 3.63. The Balaban J connectivity index is 1.70. The van der Waals surface area contributed by atoms with E-state index in [2.05, 4.69) is 114 Å². The molecule has 4 aromatic rings. The summed E-state index contributed by atoms with van der Waals surface area (Å²) < 4.78 is 2.44. The lowest BCUT2D eigenvalue weighted by molar-refractivity contribution is -0.576. The summed E-state index contributed by atoms with van der Waals surface area (Å²) >= 11 is 1.85. The van der Waals surface area contributed by atoms with Crippen molar-refractivity contribution in [3.05, 3.63) is 101 Å². The zero-order chi connectivity index (χ0) is 21.2. The van der Waals surface area contributed by atoms with E-state index in [4.69, 9.17) is 0 Å². The normalized spacial score (nSPS) is 14.4. The fraction of sp³-hybridized carbons (Fsp3) is 0.179. The molecule has 0 bridgehead atoms. The van der Waals surface area contributed by atoms with Gasteiger partial charge in [-0.3, -0.25) is 0 Å². The maximum absolute atomic E-state index is 2.44. The van der Waals surface area contributed by atoms with Gasteiger partial charge in [-0.05, 0) is 36.3 Å². The molecule has 0 atom stereocenters. The fourth-order valence-corrected chi connectivity index (χ4v) is 5.41. The molecule has 154 valence electrons. The summed E-state index contributed by atoms with van der Waals surface area (Å²) in [5.74, 6) is 0. The van der Waals surface area contributed by atoms with Crippen molar-refractivity contribution in [2.24, 2.45) is 0 Å². The maximum atomic E-state index is 2.44. The quantitative estimate of drug-likeness (QED) is 0.319. The number of nitrogens with zero attached hydrogens (tertiary/aromatic N) is 2. The van der Waals surface area contributed by atoms with Crippen molar-refractivity contribution < 1.29 is 4.57 Å². The standard InChI is InChI=1S/C28H27N2S/c1-3-4-12-23-19-21(20-28-29(2)26-17-10-11-18-27(26)31-28)24-15-8-9-16-25(24)30(23)22-13-6-5-7-14-22/h5-11,13-20H,3-4,12H2,1-2H3/q+1. The van der Waals surface area contributed by atoms with Gasteiger partial charge in [0.25, 0.3) is 0 Å². The van der Waals surface area contributed by atoms with Gasteiger partial charge in [-0.2, -0.15) is 4.57 Å². The van der Waals surface area contributed by atoms with Gasteiger partial charge in [0.05, 0.1) is 16.1 Å². The second-order valence-electron chi connectivity index (χ2n) is 7.99. The van der Waals surface area contributed by atoms with Gasteiger partial charge in [-0.15, -0.1) is 0 Å². The number of rotatable bonds is 5. The second-order valence-corrected chi connectivity index (χ2v) is 9.06. The number of thioether (sulfide) groups is 1. The van der Waals surface area contributed by atoms with Gasteiger partial charge < -0.3 is 4.90 Å². The Morgan fingerprint density at radius 2 is 1.65 bits per heavy atom. The number of anilines is 1. The number of hydrogen-bond donors (Lipinski definition) is 0. The number of hydrogen-bond acceptors (Lipinski definition) is 2. The Labute approximate surface area is 188 Å². The number of fused-ring (bicyclic) bond motifs is 2. The number of aryl methyl sites for hydroxylation is 1. The monoisotopic (exact) mass is 423 g/mol.